The van der Waals surface area contributed by atoms with Crippen molar-refractivity contribution >= 4 is 34.8 Å². The number of hydrogen-bond donors (Lipinski definition) is 1. The molecule has 0 saturated carbocycles. The lowest BCUT2D eigenvalue weighted by atomic mass is 10.2. The van der Waals surface area contributed by atoms with Crippen LogP contribution in [0.15, 0.2) is 12.1 Å². The molecule has 0 unspecified atom stereocenters. The standard InChI is InChI=1S/C12H15Cl2NO2/c1-8-6-10(11(17-2)7-9(8)14)15-12(16)4-3-5-13/h6-7H,3-5H2,1-2H3,(H,15,16). The minimum Gasteiger partial charge on any atom is -0.495 e. The number of amides is 1. The molecule has 5 heteroatoms. The second-order valence-corrected chi connectivity index (χ2v) is 4.43. The normalized spacial score (nSPS) is 10.1. The van der Waals surface area contributed by atoms with E-state index in [1.54, 1.807) is 12.1 Å². The predicted octanol–water partition coefficient (Wildman–Crippen LogP) is 3.61. The van der Waals surface area contributed by atoms with Crippen molar-refractivity contribution in [2.45, 2.75) is 19.8 Å². The molecule has 1 rings (SSSR count). The maximum atomic E-state index is 11.6. The first kappa shape index (κ1) is 14.1. The Morgan fingerprint density at radius 1 is 1.47 bits per heavy atom. The molecule has 0 atom stereocenters. The van der Waals surface area contributed by atoms with Gasteiger partial charge in [0.2, 0.25) is 5.91 Å². The van der Waals surface area contributed by atoms with E-state index in [2.05, 4.69) is 5.32 Å². The molecule has 1 amide bonds. The van der Waals surface area contributed by atoms with Gasteiger partial charge in [-0.2, -0.15) is 0 Å². The van der Waals surface area contributed by atoms with Gasteiger partial charge >= 0.3 is 0 Å². The number of nitrogens with one attached hydrogen (secondary N) is 1. The van der Waals surface area contributed by atoms with Gasteiger partial charge in [-0.3, -0.25) is 4.79 Å². The van der Waals surface area contributed by atoms with Crippen LogP contribution in [-0.2, 0) is 4.79 Å². The summed E-state index contributed by atoms with van der Waals surface area (Å²) in [5.74, 6) is 0.954. The van der Waals surface area contributed by atoms with E-state index in [1.807, 2.05) is 6.92 Å². The SMILES string of the molecule is COc1cc(Cl)c(C)cc1NC(=O)CCCCl. The minimum absolute atomic E-state index is 0.0781. The molecule has 1 aromatic rings. The lowest BCUT2D eigenvalue weighted by Gasteiger charge is -2.12. The first-order valence-electron chi connectivity index (χ1n) is 5.28. The summed E-state index contributed by atoms with van der Waals surface area (Å²) in [5.41, 5.74) is 1.52. The second kappa shape index (κ2) is 6.72. The summed E-state index contributed by atoms with van der Waals surface area (Å²) < 4.78 is 5.16. The zero-order chi connectivity index (χ0) is 12.8. The molecule has 0 aliphatic heterocycles. The van der Waals surface area contributed by atoms with Crippen molar-refractivity contribution in [1.82, 2.24) is 0 Å². The van der Waals surface area contributed by atoms with Crippen LogP contribution in [-0.4, -0.2) is 18.9 Å². The Morgan fingerprint density at radius 3 is 2.76 bits per heavy atom. The molecular weight excluding hydrogens is 261 g/mol. The number of hydrogen-bond acceptors (Lipinski definition) is 2. The lowest BCUT2D eigenvalue weighted by Crippen LogP contribution is -2.12. The predicted molar refractivity (Wildman–Crippen MR) is 71.3 cm³/mol. The van der Waals surface area contributed by atoms with Crippen molar-refractivity contribution in [3.8, 4) is 5.75 Å². The Kier molecular flexibility index (Phi) is 5.59. The summed E-state index contributed by atoms with van der Waals surface area (Å²) in [6, 6.07) is 3.48. The van der Waals surface area contributed by atoms with E-state index < -0.39 is 0 Å². The van der Waals surface area contributed by atoms with E-state index in [4.69, 9.17) is 27.9 Å². The smallest absolute Gasteiger partial charge is 0.224 e. The molecule has 0 radical (unpaired) electrons. The highest BCUT2D eigenvalue weighted by atomic mass is 35.5. The van der Waals surface area contributed by atoms with Gasteiger partial charge in [-0.15, -0.1) is 11.6 Å². The zero-order valence-electron chi connectivity index (χ0n) is 9.85. The Morgan fingerprint density at radius 2 is 2.18 bits per heavy atom. The second-order valence-electron chi connectivity index (χ2n) is 3.64. The van der Waals surface area contributed by atoms with Gasteiger partial charge in [-0.1, -0.05) is 11.6 Å². The summed E-state index contributed by atoms with van der Waals surface area (Å²) in [7, 11) is 1.54. The van der Waals surface area contributed by atoms with E-state index in [1.165, 1.54) is 7.11 Å². The maximum absolute atomic E-state index is 11.6. The minimum atomic E-state index is -0.0781. The van der Waals surface area contributed by atoms with Gasteiger partial charge in [0.1, 0.15) is 5.75 Å². The molecule has 0 spiro atoms. The Bertz CT molecular complexity index is 408. The van der Waals surface area contributed by atoms with Crippen molar-refractivity contribution in [2.24, 2.45) is 0 Å². The van der Waals surface area contributed by atoms with Crippen LogP contribution in [0.5, 0.6) is 5.75 Å². The van der Waals surface area contributed by atoms with Gasteiger partial charge in [0.25, 0.3) is 0 Å². The fraction of sp³-hybridized carbons (Fsp3) is 0.417. The first-order chi connectivity index (χ1) is 8.08. The zero-order valence-corrected chi connectivity index (χ0v) is 11.4. The largest absolute Gasteiger partial charge is 0.495 e. The summed E-state index contributed by atoms with van der Waals surface area (Å²) in [6.07, 6.45) is 1.05. The number of halogens is 2. The first-order valence-corrected chi connectivity index (χ1v) is 6.19. The number of anilines is 1. The number of carbonyl (C=O) groups is 1. The molecule has 0 saturated heterocycles. The van der Waals surface area contributed by atoms with Crippen LogP contribution in [0.2, 0.25) is 5.02 Å². The lowest BCUT2D eigenvalue weighted by molar-refractivity contribution is -0.116. The third kappa shape index (κ3) is 4.10. The Hall–Kier alpha value is -0.930. The monoisotopic (exact) mass is 275 g/mol. The van der Waals surface area contributed by atoms with E-state index in [9.17, 15) is 4.79 Å². The number of alkyl halides is 1. The van der Waals surface area contributed by atoms with Gasteiger partial charge in [-0.05, 0) is 25.0 Å². The average molecular weight is 276 g/mol. The molecule has 1 aromatic carbocycles. The number of aryl methyl sites for hydroxylation is 1. The van der Waals surface area contributed by atoms with Crippen LogP contribution >= 0.6 is 23.2 Å². The number of benzene rings is 1. The van der Waals surface area contributed by atoms with Crippen molar-refractivity contribution in [3.05, 3.63) is 22.7 Å². The van der Waals surface area contributed by atoms with Crippen molar-refractivity contribution in [3.63, 3.8) is 0 Å². The maximum Gasteiger partial charge on any atom is 0.224 e. The number of carbonyl (C=O) groups excluding carboxylic acids is 1. The van der Waals surface area contributed by atoms with Crippen LogP contribution < -0.4 is 10.1 Å². The van der Waals surface area contributed by atoms with E-state index in [0.717, 1.165) is 5.56 Å². The molecule has 1 N–H and O–H groups in total. The quantitative estimate of drug-likeness (QED) is 0.834. The summed E-state index contributed by atoms with van der Waals surface area (Å²) in [4.78, 5) is 11.6. The fourth-order valence-corrected chi connectivity index (χ4v) is 1.66. The summed E-state index contributed by atoms with van der Waals surface area (Å²) in [5, 5.41) is 3.39. The Balaban J connectivity index is 2.82. The highest BCUT2D eigenvalue weighted by Crippen LogP contribution is 2.30. The molecular formula is C12H15Cl2NO2. The number of ether oxygens (including phenoxy) is 1. The third-order valence-corrected chi connectivity index (χ3v) is 2.97. The van der Waals surface area contributed by atoms with Crippen LogP contribution in [0.4, 0.5) is 5.69 Å². The number of methoxy groups -OCH3 is 1. The van der Waals surface area contributed by atoms with Gasteiger partial charge < -0.3 is 10.1 Å². The summed E-state index contributed by atoms with van der Waals surface area (Å²) in [6.45, 7) is 1.87. The Labute approximate surface area is 111 Å². The van der Waals surface area contributed by atoms with E-state index >= 15 is 0 Å². The average Bonchev–Trinajstić information content (AvgIpc) is 2.31. The van der Waals surface area contributed by atoms with Gasteiger partial charge in [0.05, 0.1) is 12.8 Å². The van der Waals surface area contributed by atoms with E-state index in [-0.39, 0.29) is 5.91 Å². The van der Waals surface area contributed by atoms with Crippen LogP contribution in [0.25, 0.3) is 0 Å². The molecule has 17 heavy (non-hydrogen) atoms. The van der Waals surface area contributed by atoms with E-state index in [0.29, 0.717) is 35.2 Å². The van der Waals surface area contributed by atoms with Crippen molar-refractivity contribution in [2.75, 3.05) is 18.3 Å². The highest BCUT2D eigenvalue weighted by molar-refractivity contribution is 6.31. The van der Waals surface area contributed by atoms with Gasteiger partial charge in [-0.25, -0.2) is 0 Å². The molecule has 0 aromatic heterocycles. The molecule has 0 aliphatic rings. The van der Waals surface area contributed by atoms with Crippen LogP contribution in [0, 0.1) is 6.92 Å². The molecule has 94 valence electrons. The van der Waals surface area contributed by atoms with Gasteiger partial charge in [0, 0.05) is 23.4 Å². The molecule has 0 heterocycles. The number of rotatable bonds is 5. The summed E-state index contributed by atoms with van der Waals surface area (Å²) >= 11 is 11.5. The molecule has 0 fully saturated rings. The third-order valence-electron chi connectivity index (χ3n) is 2.29. The molecule has 3 nitrogen and oxygen atoms in total. The van der Waals surface area contributed by atoms with Gasteiger partial charge in [0.15, 0.2) is 0 Å². The molecule has 0 bridgehead atoms. The van der Waals surface area contributed by atoms with Crippen LogP contribution in [0.3, 0.4) is 0 Å². The highest BCUT2D eigenvalue weighted by Gasteiger charge is 2.09. The molecule has 0 aliphatic carbocycles. The van der Waals surface area contributed by atoms with Crippen molar-refractivity contribution in [1.29, 1.82) is 0 Å². The van der Waals surface area contributed by atoms with Crippen molar-refractivity contribution < 1.29 is 9.53 Å². The van der Waals surface area contributed by atoms with Crippen LogP contribution in [0.1, 0.15) is 18.4 Å². The fourth-order valence-electron chi connectivity index (χ4n) is 1.37. The topological polar surface area (TPSA) is 38.3 Å².